The van der Waals surface area contributed by atoms with E-state index in [1.165, 1.54) is 12.1 Å². The van der Waals surface area contributed by atoms with Gasteiger partial charge in [-0.15, -0.1) is 0 Å². The molecule has 2 heterocycles. The first-order valence-corrected chi connectivity index (χ1v) is 8.51. The molecule has 2 aliphatic heterocycles. The largest absolute Gasteiger partial charge is 0.416 e. The molecule has 3 rings (SSSR count). The summed E-state index contributed by atoms with van der Waals surface area (Å²) >= 11 is 0. The fourth-order valence-corrected chi connectivity index (χ4v) is 3.10. The van der Waals surface area contributed by atoms with Crippen LogP contribution in [0.3, 0.4) is 0 Å². The van der Waals surface area contributed by atoms with Crippen molar-refractivity contribution < 1.29 is 13.2 Å². The third-order valence-electron chi connectivity index (χ3n) is 4.60. The average Bonchev–Trinajstić information content (AvgIpc) is 2.98. The number of anilines is 1. The topological polar surface area (TPSA) is 42.9 Å². The second-order valence-corrected chi connectivity index (χ2v) is 6.72. The SMILES string of the molecule is CC1CN=C(NCc2cc(C(F)(F)F)ccc2N2CCN(C)CC2)N1. The number of nitrogens with one attached hydrogen (secondary N) is 2. The Labute approximate surface area is 145 Å². The number of nitrogens with zero attached hydrogens (tertiary/aromatic N) is 3. The highest BCUT2D eigenvalue weighted by Gasteiger charge is 2.31. The minimum absolute atomic E-state index is 0.251. The number of hydrogen-bond acceptors (Lipinski definition) is 5. The average molecular weight is 355 g/mol. The Morgan fingerprint density at radius 2 is 1.96 bits per heavy atom. The fourth-order valence-electron chi connectivity index (χ4n) is 3.10. The molecular formula is C17H24F3N5. The van der Waals surface area contributed by atoms with E-state index >= 15 is 0 Å². The maximum absolute atomic E-state index is 13.1. The van der Waals surface area contributed by atoms with E-state index in [9.17, 15) is 13.2 Å². The first-order chi connectivity index (χ1) is 11.8. The molecule has 0 spiro atoms. The van der Waals surface area contributed by atoms with Crippen LogP contribution < -0.4 is 15.5 Å². The molecule has 1 aromatic carbocycles. The molecular weight excluding hydrogens is 331 g/mol. The van der Waals surface area contributed by atoms with Gasteiger partial charge in [0.05, 0.1) is 12.1 Å². The smallest absolute Gasteiger partial charge is 0.369 e. The Balaban J connectivity index is 1.80. The zero-order chi connectivity index (χ0) is 18.0. The van der Waals surface area contributed by atoms with Gasteiger partial charge in [-0.1, -0.05) is 0 Å². The molecule has 5 nitrogen and oxygen atoms in total. The molecule has 1 saturated heterocycles. The Bertz CT molecular complexity index is 636. The molecule has 0 bridgehead atoms. The Morgan fingerprint density at radius 3 is 2.56 bits per heavy atom. The van der Waals surface area contributed by atoms with E-state index < -0.39 is 11.7 Å². The first kappa shape index (κ1) is 17.8. The fraction of sp³-hybridized carbons (Fsp3) is 0.588. The van der Waals surface area contributed by atoms with E-state index in [1.54, 1.807) is 6.07 Å². The van der Waals surface area contributed by atoms with Crippen molar-refractivity contribution in [2.45, 2.75) is 25.7 Å². The molecule has 0 aliphatic carbocycles. The van der Waals surface area contributed by atoms with Gasteiger partial charge in [0.2, 0.25) is 0 Å². The van der Waals surface area contributed by atoms with Crippen LogP contribution in [0.15, 0.2) is 23.2 Å². The van der Waals surface area contributed by atoms with Gasteiger partial charge in [0.25, 0.3) is 0 Å². The van der Waals surface area contributed by atoms with Crippen LogP contribution in [0.25, 0.3) is 0 Å². The summed E-state index contributed by atoms with van der Waals surface area (Å²) in [5.41, 5.74) is 0.889. The molecule has 0 saturated carbocycles. The van der Waals surface area contributed by atoms with Crippen LogP contribution in [0, 0.1) is 0 Å². The monoisotopic (exact) mass is 355 g/mol. The van der Waals surface area contributed by atoms with Crippen LogP contribution in [0.1, 0.15) is 18.1 Å². The third-order valence-corrected chi connectivity index (χ3v) is 4.60. The maximum Gasteiger partial charge on any atom is 0.416 e. The van der Waals surface area contributed by atoms with Crippen molar-refractivity contribution in [2.24, 2.45) is 4.99 Å². The summed E-state index contributed by atoms with van der Waals surface area (Å²) in [6.07, 6.45) is -4.34. The zero-order valence-electron chi connectivity index (χ0n) is 14.5. The molecule has 0 radical (unpaired) electrons. The molecule has 2 N–H and O–H groups in total. The predicted octanol–water partition coefficient (Wildman–Crippen LogP) is 1.89. The quantitative estimate of drug-likeness (QED) is 0.869. The van der Waals surface area contributed by atoms with E-state index in [4.69, 9.17) is 0 Å². The standard InChI is InChI=1S/C17H24F3N5/c1-12-10-21-16(23-12)22-11-13-9-14(17(18,19)20)3-4-15(13)25-7-5-24(2)6-8-25/h3-4,9,12H,5-8,10-11H2,1-2H3,(H2,21,22,23). The highest BCUT2D eigenvalue weighted by molar-refractivity contribution is 5.81. The molecule has 0 aromatic heterocycles. The highest BCUT2D eigenvalue weighted by atomic mass is 19.4. The molecule has 1 aromatic rings. The lowest BCUT2D eigenvalue weighted by atomic mass is 10.1. The van der Waals surface area contributed by atoms with Gasteiger partial charge in [0.15, 0.2) is 5.96 Å². The van der Waals surface area contributed by atoms with E-state index in [0.29, 0.717) is 24.6 Å². The van der Waals surface area contributed by atoms with Gasteiger partial charge in [-0.25, -0.2) is 0 Å². The van der Waals surface area contributed by atoms with E-state index in [0.717, 1.165) is 31.9 Å². The second kappa shape index (κ2) is 7.11. The van der Waals surface area contributed by atoms with Crippen LogP contribution in [-0.2, 0) is 12.7 Å². The normalized spacial score (nSPS) is 21.9. The number of halogens is 3. The lowest BCUT2D eigenvalue weighted by Crippen LogP contribution is -2.45. The Morgan fingerprint density at radius 1 is 1.24 bits per heavy atom. The van der Waals surface area contributed by atoms with Crippen molar-refractivity contribution in [3.63, 3.8) is 0 Å². The van der Waals surface area contributed by atoms with Gasteiger partial charge in [0, 0.05) is 44.5 Å². The lowest BCUT2D eigenvalue weighted by molar-refractivity contribution is -0.137. The summed E-state index contributed by atoms with van der Waals surface area (Å²) < 4.78 is 39.3. The van der Waals surface area contributed by atoms with Gasteiger partial charge < -0.3 is 20.4 Å². The van der Waals surface area contributed by atoms with Crippen molar-refractivity contribution in [1.29, 1.82) is 0 Å². The highest BCUT2D eigenvalue weighted by Crippen LogP contribution is 2.33. The van der Waals surface area contributed by atoms with Crippen LogP contribution >= 0.6 is 0 Å². The summed E-state index contributed by atoms with van der Waals surface area (Å²) in [5.74, 6) is 0.647. The number of hydrogen-bond donors (Lipinski definition) is 2. The van der Waals surface area contributed by atoms with Crippen LogP contribution in [0.4, 0.5) is 18.9 Å². The Kier molecular flexibility index (Phi) is 5.08. The summed E-state index contributed by atoms with van der Waals surface area (Å²) in [6, 6.07) is 4.27. The summed E-state index contributed by atoms with van der Waals surface area (Å²) in [6.45, 7) is 6.42. The molecule has 2 aliphatic rings. The van der Waals surface area contributed by atoms with E-state index in [2.05, 4.69) is 32.5 Å². The third kappa shape index (κ3) is 4.36. The minimum Gasteiger partial charge on any atom is -0.369 e. The van der Waals surface area contributed by atoms with Crippen molar-refractivity contribution in [3.05, 3.63) is 29.3 Å². The van der Waals surface area contributed by atoms with Crippen LogP contribution in [-0.4, -0.2) is 56.7 Å². The minimum atomic E-state index is -4.34. The van der Waals surface area contributed by atoms with Gasteiger partial charge >= 0.3 is 6.18 Å². The number of piperazine rings is 1. The lowest BCUT2D eigenvalue weighted by Gasteiger charge is -2.35. The van der Waals surface area contributed by atoms with Gasteiger partial charge in [-0.05, 0) is 37.7 Å². The second-order valence-electron chi connectivity index (χ2n) is 6.72. The van der Waals surface area contributed by atoms with Crippen LogP contribution in [0.2, 0.25) is 0 Å². The van der Waals surface area contributed by atoms with Crippen molar-refractivity contribution in [2.75, 3.05) is 44.7 Å². The van der Waals surface area contributed by atoms with Gasteiger partial charge in [-0.3, -0.25) is 4.99 Å². The van der Waals surface area contributed by atoms with Crippen LogP contribution in [0.5, 0.6) is 0 Å². The number of guanidine groups is 1. The van der Waals surface area contributed by atoms with E-state index in [1.807, 2.05) is 6.92 Å². The maximum atomic E-state index is 13.1. The van der Waals surface area contributed by atoms with Gasteiger partial charge in [0.1, 0.15) is 0 Å². The molecule has 1 unspecified atom stereocenters. The Hall–Kier alpha value is -1.96. The molecule has 1 fully saturated rings. The summed E-state index contributed by atoms with van der Waals surface area (Å²) in [7, 11) is 2.05. The molecule has 138 valence electrons. The number of aliphatic imine (C=N–C) groups is 1. The summed E-state index contributed by atoms with van der Waals surface area (Å²) in [4.78, 5) is 8.68. The first-order valence-electron chi connectivity index (χ1n) is 8.51. The number of benzene rings is 1. The van der Waals surface area contributed by atoms with Crippen molar-refractivity contribution in [1.82, 2.24) is 15.5 Å². The molecule has 1 atom stereocenters. The predicted molar refractivity (Wildman–Crippen MR) is 92.9 cm³/mol. The summed E-state index contributed by atoms with van der Waals surface area (Å²) in [5, 5.41) is 6.30. The van der Waals surface area contributed by atoms with E-state index in [-0.39, 0.29) is 6.04 Å². The number of rotatable bonds is 3. The molecule has 8 heteroatoms. The number of alkyl halides is 3. The number of likely N-dealkylation sites (N-methyl/N-ethyl adjacent to an activating group) is 1. The van der Waals surface area contributed by atoms with Gasteiger partial charge in [-0.2, -0.15) is 13.2 Å². The molecule has 25 heavy (non-hydrogen) atoms. The zero-order valence-corrected chi connectivity index (χ0v) is 14.5. The van der Waals surface area contributed by atoms with Crippen molar-refractivity contribution >= 4 is 11.6 Å². The molecule has 0 amide bonds. The van der Waals surface area contributed by atoms with Crippen molar-refractivity contribution in [3.8, 4) is 0 Å².